The Hall–Kier alpha value is -2.37. The van der Waals surface area contributed by atoms with Crippen molar-refractivity contribution in [2.45, 2.75) is 18.6 Å². The summed E-state index contributed by atoms with van der Waals surface area (Å²) in [6, 6.07) is 13.9. The Morgan fingerprint density at radius 3 is 2.26 bits per heavy atom. The second-order valence-electron chi connectivity index (χ2n) is 5.01. The highest BCUT2D eigenvalue weighted by Gasteiger charge is 2.25. The third kappa shape index (κ3) is 4.55. The second-order valence-corrected chi connectivity index (χ2v) is 5.42. The van der Waals surface area contributed by atoms with E-state index in [-0.39, 0.29) is 6.42 Å². The molecule has 0 aliphatic heterocycles. The molecule has 0 bridgehead atoms. The molecule has 2 aromatic rings. The van der Waals surface area contributed by atoms with E-state index in [0.717, 1.165) is 0 Å². The van der Waals surface area contributed by atoms with Gasteiger partial charge in [-0.25, -0.2) is 4.79 Å². The molecule has 3 N–H and O–H groups in total. The molecule has 120 valence electrons. The average molecular weight is 334 g/mol. The first-order chi connectivity index (χ1) is 11.0. The van der Waals surface area contributed by atoms with Gasteiger partial charge in [-0.3, -0.25) is 4.79 Å². The number of hydrogen-bond donors (Lipinski definition) is 3. The minimum Gasteiger partial charge on any atom is -0.480 e. The van der Waals surface area contributed by atoms with Gasteiger partial charge >= 0.3 is 5.97 Å². The van der Waals surface area contributed by atoms with Gasteiger partial charge in [-0.15, -0.1) is 0 Å². The van der Waals surface area contributed by atoms with Gasteiger partial charge in [0.2, 0.25) is 0 Å². The van der Waals surface area contributed by atoms with Crippen LogP contribution >= 0.6 is 11.6 Å². The first-order valence-electron chi connectivity index (χ1n) is 6.98. The number of aliphatic carboxylic acids is 1. The van der Waals surface area contributed by atoms with Gasteiger partial charge in [0.05, 0.1) is 0 Å². The number of nitrogens with one attached hydrogen (secondary N) is 1. The molecular weight excluding hydrogens is 318 g/mol. The van der Waals surface area contributed by atoms with Crippen molar-refractivity contribution in [1.29, 1.82) is 0 Å². The number of halogens is 1. The summed E-state index contributed by atoms with van der Waals surface area (Å²) in [7, 11) is 0. The van der Waals surface area contributed by atoms with Gasteiger partial charge < -0.3 is 15.5 Å². The van der Waals surface area contributed by atoms with Crippen molar-refractivity contribution in [2.24, 2.45) is 0 Å². The number of carboxylic acids is 1. The van der Waals surface area contributed by atoms with Gasteiger partial charge in [0.1, 0.15) is 6.04 Å². The van der Waals surface area contributed by atoms with Crippen LogP contribution in [0.2, 0.25) is 5.02 Å². The van der Waals surface area contributed by atoms with Crippen LogP contribution in [0.15, 0.2) is 54.6 Å². The number of amides is 1. The van der Waals surface area contributed by atoms with Crippen LogP contribution in [0.5, 0.6) is 0 Å². The first kappa shape index (κ1) is 17.0. The van der Waals surface area contributed by atoms with Crippen LogP contribution in [0.25, 0.3) is 0 Å². The maximum Gasteiger partial charge on any atom is 0.326 e. The quantitative estimate of drug-likeness (QED) is 0.756. The summed E-state index contributed by atoms with van der Waals surface area (Å²) < 4.78 is 0. The summed E-state index contributed by atoms with van der Waals surface area (Å²) in [6.45, 7) is 0. The number of hydrogen-bond acceptors (Lipinski definition) is 3. The molecule has 0 saturated heterocycles. The highest BCUT2D eigenvalue weighted by atomic mass is 35.5. The van der Waals surface area contributed by atoms with Crippen molar-refractivity contribution in [2.75, 3.05) is 0 Å². The number of aliphatic hydroxyl groups is 1. The van der Waals surface area contributed by atoms with Crippen LogP contribution in [0.4, 0.5) is 0 Å². The summed E-state index contributed by atoms with van der Waals surface area (Å²) in [5.41, 5.74) is 1.00. The molecule has 0 radical (unpaired) electrons. The summed E-state index contributed by atoms with van der Waals surface area (Å²) in [4.78, 5) is 23.4. The molecule has 2 aromatic carbocycles. The van der Waals surface area contributed by atoms with Crippen molar-refractivity contribution in [3.8, 4) is 0 Å². The third-order valence-electron chi connectivity index (χ3n) is 3.36. The van der Waals surface area contributed by atoms with Crippen LogP contribution in [0, 0.1) is 0 Å². The van der Waals surface area contributed by atoms with Crippen LogP contribution in [0.1, 0.15) is 17.2 Å². The number of aliphatic hydroxyl groups excluding tert-OH is 1. The van der Waals surface area contributed by atoms with Crippen LogP contribution in [-0.4, -0.2) is 28.1 Å². The lowest BCUT2D eigenvalue weighted by molar-refractivity contribution is -0.143. The van der Waals surface area contributed by atoms with E-state index in [9.17, 15) is 19.8 Å². The Morgan fingerprint density at radius 2 is 1.65 bits per heavy atom. The number of rotatable bonds is 6. The highest BCUT2D eigenvalue weighted by molar-refractivity contribution is 6.31. The Kier molecular flexibility index (Phi) is 5.73. The van der Waals surface area contributed by atoms with Crippen LogP contribution < -0.4 is 5.32 Å². The summed E-state index contributed by atoms with van der Waals surface area (Å²) in [5, 5.41) is 22.1. The molecule has 0 aromatic heterocycles. The van der Waals surface area contributed by atoms with Crippen LogP contribution in [-0.2, 0) is 16.0 Å². The second kappa shape index (κ2) is 7.76. The highest BCUT2D eigenvalue weighted by Crippen LogP contribution is 2.18. The summed E-state index contributed by atoms with van der Waals surface area (Å²) in [6.07, 6.45) is -1.40. The van der Waals surface area contributed by atoms with Crippen molar-refractivity contribution in [1.82, 2.24) is 5.32 Å². The molecule has 0 spiro atoms. The smallest absolute Gasteiger partial charge is 0.326 e. The van der Waals surface area contributed by atoms with Gasteiger partial charge in [-0.1, -0.05) is 60.1 Å². The first-order valence-corrected chi connectivity index (χ1v) is 7.36. The minimum atomic E-state index is -1.43. The maximum atomic E-state index is 12.1. The van der Waals surface area contributed by atoms with E-state index < -0.39 is 24.0 Å². The van der Waals surface area contributed by atoms with Gasteiger partial charge in [-0.2, -0.15) is 0 Å². The molecular formula is C17H16ClNO4. The van der Waals surface area contributed by atoms with E-state index in [1.54, 1.807) is 54.6 Å². The Balaban J connectivity index is 2.09. The number of carboxylic acid groups (broad SMARTS) is 1. The molecule has 0 aliphatic rings. The zero-order valence-electron chi connectivity index (χ0n) is 12.1. The van der Waals surface area contributed by atoms with Gasteiger partial charge in [0, 0.05) is 11.4 Å². The zero-order chi connectivity index (χ0) is 16.8. The predicted molar refractivity (Wildman–Crippen MR) is 86.1 cm³/mol. The van der Waals surface area contributed by atoms with Crippen LogP contribution in [0.3, 0.4) is 0 Å². The molecule has 23 heavy (non-hydrogen) atoms. The SMILES string of the molecule is O=C(O)[C@H](Cc1ccccc1Cl)NC(=O)[C@@H](O)c1ccccc1. The van der Waals surface area contributed by atoms with E-state index in [0.29, 0.717) is 16.1 Å². The molecule has 5 nitrogen and oxygen atoms in total. The average Bonchev–Trinajstić information content (AvgIpc) is 2.56. The third-order valence-corrected chi connectivity index (χ3v) is 3.73. The molecule has 0 saturated carbocycles. The number of carbonyl (C=O) groups is 2. The fraction of sp³-hybridized carbons (Fsp3) is 0.176. The standard InChI is InChI=1S/C17H16ClNO4/c18-13-9-5-4-8-12(13)10-14(17(22)23)19-16(21)15(20)11-6-2-1-3-7-11/h1-9,14-15,20H,10H2,(H,19,21)(H,22,23)/t14-,15-/m0/s1. The lowest BCUT2D eigenvalue weighted by Crippen LogP contribution is -2.44. The lowest BCUT2D eigenvalue weighted by Gasteiger charge is -2.18. The largest absolute Gasteiger partial charge is 0.480 e. The predicted octanol–water partition coefficient (Wildman–Crippen LogP) is 2.19. The molecule has 0 fully saturated rings. The lowest BCUT2D eigenvalue weighted by atomic mass is 10.0. The molecule has 2 rings (SSSR count). The molecule has 1 amide bonds. The molecule has 0 unspecified atom stereocenters. The van der Waals surface area contributed by atoms with Crippen molar-refractivity contribution in [3.63, 3.8) is 0 Å². The molecule has 0 aliphatic carbocycles. The monoisotopic (exact) mass is 333 g/mol. The molecule has 2 atom stereocenters. The van der Waals surface area contributed by atoms with Gasteiger partial charge in [0.25, 0.3) is 5.91 Å². The summed E-state index contributed by atoms with van der Waals surface area (Å²) in [5.74, 6) is -1.96. The maximum absolute atomic E-state index is 12.1. The van der Waals surface area contributed by atoms with E-state index in [1.165, 1.54) is 0 Å². The summed E-state index contributed by atoms with van der Waals surface area (Å²) >= 11 is 6.01. The normalized spacial score (nSPS) is 13.1. The Labute approximate surface area is 138 Å². The molecule has 0 heterocycles. The Morgan fingerprint density at radius 1 is 1.04 bits per heavy atom. The van der Waals surface area contributed by atoms with Crippen molar-refractivity contribution < 1.29 is 19.8 Å². The number of carbonyl (C=O) groups excluding carboxylic acids is 1. The van der Waals surface area contributed by atoms with Crippen molar-refractivity contribution in [3.05, 3.63) is 70.7 Å². The zero-order valence-corrected chi connectivity index (χ0v) is 12.9. The van der Waals surface area contributed by atoms with Crippen molar-refractivity contribution >= 4 is 23.5 Å². The topological polar surface area (TPSA) is 86.6 Å². The van der Waals surface area contributed by atoms with E-state index >= 15 is 0 Å². The minimum absolute atomic E-state index is 0.0300. The molecule has 6 heteroatoms. The van der Waals surface area contributed by atoms with Gasteiger partial charge in [-0.05, 0) is 17.2 Å². The van der Waals surface area contributed by atoms with Gasteiger partial charge in [0.15, 0.2) is 6.10 Å². The fourth-order valence-electron chi connectivity index (χ4n) is 2.12. The van der Waals surface area contributed by atoms with E-state index in [1.807, 2.05) is 0 Å². The van der Waals surface area contributed by atoms with E-state index in [2.05, 4.69) is 5.32 Å². The number of benzene rings is 2. The Bertz CT molecular complexity index is 690. The van der Waals surface area contributed by atoms with E-state index in [4.69, 9.17) is 11.6 Å². The fourth-order valence-corrected chi connectivity index (χ4v) is 2.33.